The Kier molecular flexibility index (Phi) is 4.25. The molecule has 4 rings (SSSR count). The third kappa shape index (κ3) is 3.35. The van der Waals surface area contributed by atoms with Gasteiger partial charge in [-0.25, -0.2) is 0 Å². The van der Waals surface area contributed by atoms with Gasteiger partial charge in [-0.1, -0.05) is 18.2 Å². The first-order valence-corrected chi connectivity index (χ1v) is 8.39. The van der Waals surface area contributed by atoms with Gasteiger partial charge in [-0.15, -0.1) is 10.2 Å². The van der Waals surface area contributed by atoms with Crippen molar-refractivity contribution in [1.29, 1.82) is 0 Å². The molecule has 0 atom stereocenters. The largest absolute Gasteiger partial charge is 0.497 e. The molecule has 2 aromatic carbocycles. The fraction of sp³-hybridized carbons (Fsp3) is 0.100. The smallest absolute Gasteiger partial charge is 0.255 e. The summed E-state index contributed by atoms with van der Waals surface area (Å²) in [6.45, 7) is 1.85. The molecule has 0 bridgehead atoms. The molecule has 0 radical (unpaired) electrons. The first kappa shape index (κ1) is 16.7. The van der Waals surface area contributed by atoms with Crippen LogP contribution in [-0.2, 0) is 0 Å². The Bertz CT molecular complexity index is 1140. The van der Waals surface area contributed by atoms with Crippen LogP contribution in [0.3, 0.4) is 0 Å². The first-order valence-electron chi connectivity index (χ1n) is 8.39. The quantitative estimate of drug-likeness (QED) is 0.604. The molecule has 0 aliphatic heterocycles. The second-order valence-electron chi connectivity index (χ2n) is 6.00. The third-order valence-electron chi connectivity index (χ3n) is 4.17. The number of methoxy groups -OCH3 is 1. The van der Waals surface area contributed by atoms with Crippen LogP contribution in [0.15, 0.2) is 60.7 Å². The van der Waals surface area contributed by atoms with E-state index in [0.717, 1.165) is 11.3 Å². The van der Waals surface area contributed by atoms with Gasteiger partial charge in [0.1, 0.15) is 5.75 Å². The summed E-state index contributed by atoms with van der Waals surface area (Å²) in [7, 11) is 1.57. The third-order valence-corrected chi connectivity index (χ3v) is 4.17. The molecule has 0 unspecified atom stereocenters. The number of carbonyl (C=O) groups is 1. The zero-order valence-corrected chi connectivity index (χ0v) is 14.9. The van der Waals surface area contributed by atoms with E-state index in [1.807, 2.05) is 43.3 Å². The number of fused-ring (bicyclic) bond motifs is 1. The number of nitrogens with one attached hydrogen (secondary N) is 1. The van der Waals surface area contributed by atoms with Crippen molar-refractivity contribution in [3.8, 4) is 17.0 Å². The molecule has 0 aliphatic rings. The maximum absolute atomic E-state index is 12.5. The van der Waals surface area contributed by atoms with E-state index in [1.54, 1.807) is 35.9 Å². The highest BCUT2D eigenvalue weighted by Gasteiger charge is 2.09. The van der Waals surface area contributed by atoms with Gasteiger partial charge in [0.05, 0.1) is 12.8 Å². The molecule has 134 valence electrons. The zero-order valence-electron chi connectivity index (χ0n) is 14.9. The molecule has 1 amide bonds. The Hall–Kier alpha value is -3.74. The van der Waals surface area contributed by atoms with E-state index < -0.39 is 0 Å². The van der Waals surface area contributed by atoms with Crippen LogP contribution in [0, 0.1) is 6.92 Å². The number of aryl methyl sites for hydroxylation is 1. The van der Waals surface area contributed by atoms with Crippen LogP contribution >= 0.6 is 0 Å². The molecule has 27 heavy (non-hydrogen) atoms. The number of ether oxygens (including phenoxy) is 1. The Morgan fingerprint density at radius 3 is 2.74 bits per heavy atom. The topological polar surface area (TPSA) is 81.4 Å². The predicted molar refractivity (Wildman–Crippen MR) is 102 cm³/mol. The van der Waals surface area contributed by atoms with Gasteiger partial charge < -0.3 is 10.1 Å². The minimum atomic E-state index is -0.205. The summed E-state index contributed by atoms with van der Waals surface area (Å²) in [5, 5.41) is 15.5. The highest BCUT2D eigenvalue weighted by molar-refractivity contribution is 6.04. The minimum absolute atomic E-state index is 0.205. The molecule has 0 saturated carbocycles. The number of hydrogen-bond donors (Lipinski definition) is 1. The molecule has 0 fully saturated rings. The van der Waals surface area contributed by atoms with E-state index in [0.29, 0.717) is 28.5 Å². The van der Waals surface area contributed by atoms with E-state index in [-0.39, 0.29) is 5.91 Å². The molecule has 2 aromatic heterocycles. The van der Waals surface area contributed by atoms with Crippen molar-refractivity contribution < 1.29 is 9.53 Å². The number of nitrogens with zero attached hydrogens (tertiary/aromatic N) is 4. The van der Waals surface area contributed by atoms with Crippen LogP contribution in [0.25, 0.3) is 16.9 Å². The van der Waals surface area contributed by atoms with Crippen molar-refractivity contribution in [2.24, 2.45) is 0 Å². The van der Waals surface area contributed by atoms with Gasteiger partial charge in [0.25, 0.3) is 5.91 Å². The molecule has 0 saturated heterocycles. The maximum atomic E-state index is 12.5. The van der Waals surface area contributed by atoms with E-state index in [4.69, 9.17) is 4.74 Å². The lowest BCUT2D eigenvalue weighted by Gasteiger charge is -2.08. The normalized spacial score (nSPS) is 10.7. The lowest BCUT2D eigenvalue weighted by Crippen LogP contribution is -2.11. The van der Waals surface area contributed by atoms with Gasteiger partial charge in [0.2, 0.25) is 0 Å². The zero-order chi connectivity index (χ0) is 18.8. The predicted octanol–water partition coefficient (Wildman–Crippen LogP) is 3.36. The Morgan fingerprint density at radius 2 is 1.89 bits per heavy atom. The summed E-state index contributed by atoms with van der Waals surface area (Å²) in [6, 6.07) is 18.3. The van der Waals surface area contributed by atoms with Gasteiger partial charge in [-0.05, 0) is 49.4 Å². The number of anilines is 1. The number of hydrogen-bond acceptors (Lipinski definition) is 5. The van der Waals surface area contributed by atoms with E-state index in [1.165, 1.54) is 0 Å². The first-order chi connectivity index (χ1) is 13.1. The van der Waals surface area contributed by atoms with Gasteiger partial charge in [-0.3, -0.25) is 4.79 Å². The second kappa shape index (κ2) is 6.87. The van der Waals surface area contributed by atoms with Crippen LogP contribution in [0.4, 0.5) is 5.69 Å². The van der Waals surface area contributed by atoms with Crippen LogP contribution in [0.5, 0.6) is 5.75 Å². The highest BCUT2D eigenvalue weighted by Crippen LogP contribution is 2.22. The molecule has 7 nitrogen and oxygen atoms in total. The number of amides is 1. The summed E-state index contributed by atoms with van der Waals surface area (Å²) >= 11 is 0. The molecule has 0 aliphatic carbocycles. The Morgan fingerprint density at radius 1 is 1.04 bits per heavy atom. The van der Waals surface area contributed by atoms with Crippen LogP contribution < -0.4 is 10.1 Å². The van der Waals surface area contributed by atoms with Crippen molar-refractivity contribution in [3.05, 3.63) is 72.1 Å². The molecule has 4 aromatic rings. The summed E-state index contributed by atoms with van der Waals surface area (Å²) in [5.74, 6) is 1.15. The van der Waals surface area contributed by atoms with Crippen molar-refractivity contribution in [2.75, 3.05) is 12.4 Å². The lowest BCUT2D eigenvalue weighted by molar-refractivity contribution is 0.102. The van der Waals surface area contributed by atoms with Crippen LogP contribution in [0.2, 0.25) is 0 Å². The van der Waals surface area contributed by atoms with Crippen molar-refractivity contribution >= 4 is 17.2 Å². The van der Waals surface area contributed by atoms with Crippen molar-refractivity contribution in [3.63, 3.8) is 0 Å². The Labute approximate surface area is 155 Å². The van der Waals surface area contributed by atoms with E-state index >= 15 is 0 Å². The molecule has 2 heterocycles. The molecule has 0 spiro atoms. The van der Waals surface area contributed by atoms with Crippen molar-refractivity contribution in [2.45, 2.75) is 6.92 Å². The van der Waals surface area contributed by atoms with Gasteiger partial charge in [-0.2, -0.15) is 9.61 Å². The molecule has 1 N–H and O–H groups in total. The maximum Gasteiger partial charge on any atom is 0.255 e. The average Bonchev–Trinajstić information content (AvgIpc) is 3.08. The number of aromatic nitrogens is 4. The van der Waals surface area contributed by atoms with Gasteiger partial charge >= 0.3 is 0 Å². The van der Waals surface area contributed by atoms with Gasteiger partial charge in [0, 0.05) is 16.8 Å². The summed E-state index contributed by atoms with van der Waals surface area (Å²) in [5.41, 5.74) is 3.55. The van der Waals surface area contributed by atoms with Gasteiger partial charge in [0.15, 0.2) is 11.5 Å². The minimum Gasteiger partial charge on any atom is -0.497 e. The molecular formula is C20H17N5O2. The summed E-state index contributed by atoms with van der Waals surface area (Å²) in [6.07, 6.45) is 0. The highest BCUT2D eigenvalue weighted by atomic mass is 16.5. The van der Waals surface area contributed by atoms with E-state index in [9.17, 15) is 4.79 Å². The fourth-order valence-electron chi connectivity index (χ4n) is 2.77. The number of carbonyl (C=O) groups excluding carboxylic acids is 1. The van der Waals surface area contributed by atoms with Crippen molar-refractivity contribution in [1.82, 2.24) is 19.8 Å². The van der Waals surface area contributed by atoms with E-state index in [2.05, 4.69) is 20.6 Å². The lowest BCUT2D eigenvalue weighted by atomic mass is 10.1. The number of rotatable bonds is 4. The fourth-order valence-corrected chi connectivity index (χ4v) is 2.77. The summed E-state index contributed by atoms with van der Waals surface area (Å²) in [4.78, 5) is 12.5. The average molecular weight is 359 g/mol. The second-order valence-corrected chi connectivity index (χ2v) is 6.00. The standard InChI is InChI=1S/C20H17N5O2/c1-13-22-23-19-10-9-18(24-25(13)19)14-5-3-7-16(11-14)21-20(26)15-6-4-8-17(12-15)27-2/h3-12H,1-2H3,(H,21,26). The van der Waals surface area contributed by atoms with Crippen LogP contribution in [-0.4, -0.2) is 32.8 Å². The summed E-state index contributed by atoms with van der Waals surface area (Å²) < 4.78 is 6.86. The van der Waals surface area contributed by atoms with Crippen LogP contribution in [0.1, 0.15) is 16.2 Å². The number of benzene rings is 2. The monoisotopic (exact) mass is 359 g/mol. The Balaban J connectivity index is 1.61. The SMILES string of the molecule is COc1cccc(C(=O)Nc2cccc(-c3ccc4nnc(C)n4n3)c2)c1. The molecular weight excluding hydrogens is 342 g/mol. The molecule has 7 heteroatoms.